The van der Waals surface area contributed by atoms with E-state index in [1.165, 1.54) is 15.9 Å². The molecule has 0 saturated heterocycles. The SMILES string of the molecule is Cc1cc2c(=O)n(Cc3c(Cl)cccc3Cl)cnc2s1. The normalized spacial score (nSPS) is 11.2. The summed E-state index contributed by atoms with van der Waals surface area (Å²) in [7, 11) is 0. The summed E-state index contributed by atoms with van der Waals surface area (Å²) in [5.41, 5.74) is 0.654. The Kier molecular flexibility index (Phi) is 3.54. The summed E-state index contributed by atoms with van der Waals surface area (Å²) in [6.45, 7) is 2.27. The largest absolute Gasteiger partial charge is 0.294 e. The highest BCUT2D eigenvalue weighted by atomic mass is 35.5. The molecule has 0 aliphatic heterocycles. The van der Waals surface area contributed by atoms with E-state index in [2.05, 4.69) is 4.98 Å². The van der Waals surface area contributed by atoms with Crippen molar-refractivity contribution in [2.75, 3.05) is 0 Å². The fraction of sp³-hybridized carbons (Fsp3) is 0.143. The summed E-state index contributed by atoms with van der Waals surface area (Å²) in [5.74, 6) is 0. The second-order valence-corrected chi connectivity index (χ2v) is 6.50. The Bertz CT molecular complexity index is 834. The Morgan fingerprint density at radius 1 is 1.30 bits per heavy atom. The fourth-order valence-electron chi connectivity index (χ4n) is 2.05. The van der Waals surface area contributed by atoms with Crippen molar-refractivity contribution in [2.24, 2.45) is 0 Å². The molecule has 1 aromatic carbocycles. The maximum absolute atomic E-state index is 12.4. The van der Waals surface area contributed by atoms with Crippen LogP contribution in [0.5, 0.6) is 0 Å². The summed E-state index contributed by atoms with van der Waals surface area (Å²) in [6, 6.07) is 7.16. The van der Waals surface area contributed by atoms with Crippen LogP contribution in [-0.2, 0) is 6.54 Å². The standard InChI is InChI=1S/C14H10Cl2N2OS/c1-8-5-9-13(20-8)17-7-18(14(9)19)6-10-11(15)3-2-4-12(10)16/h2-5,7H,6H2,1H3. The number of rotatable bonds is 2. The van der Waals surface area contributed by atoms with Gasteiger partial charge in [0, 0.05) is 20.5 Å². The third kappa shape index (κ3) is 2.35. The van der Waals surface area contributed by atoms with Crippen molar-refractivity contribution in [3.8, 4) is 0 Å². The highest BCUT2D eigenvalue weighted by Gasteiger charge is 2.11. The molecular weight excluding hydrogens is 315 g/mol. The van der Waals surface area contributed by atoms with Gasteiger partial charge in [-0.2, -0.15) is 0 Å². The minimum Gasteiger partial charge on any atom is -0.294 e. The lowest BCUT2D eigenvalue weighted by molar-refractivity contribution is 0.749. The number of aryl methyl sites for hydroxylation is 1. The van der Waals surface area contributed by atoms with Gasteiger partial charge in [-0.25, -0.2) is 4.98 Å². The minimum atomic E-state index is -0.0738. The van der Waals surface area contributed by atoms with Gasteiger partial charge in [0.1, 0.15) is 4.83 Å². The number of hydrogen-bond acceptors (Lipinski definition) is 3. The Morgan fingerprint density at radius 3 is 2.70 bits per heavy atom. The van der Waals surface area contributed by atoms with Crippen molar-refractivity contribution in [3.63, 3.8) is 0 Å². The van der Waals surface area contributed by atoms with Gasteiger partial charge in [0.05, 0.1) is 18.3 Å². The van der Waals surface area contributed by atoms with Crippen LogP contribution in [0.2, 0.25) is 10.0 Å². The van der Waals surface area contributed by atoms with Crippen molar-refractivity contribution in [1.29, 1.82) is 0 Å². The molecule has 2 aromatic heterocycles. The van der Waals surface area contributed by atoms with Gasteiger partial charge >= 0.3 is 0 Å². The van der Waals surface area contributed by atoms with E-state index in [0.717, 1.165) is 15.3 Å². The minimum absolute atomic E-state index is 0.0738. The van der Waals surface area contributed by atoms with Gasteiger partial charge in [0.2, 0.25) is 0 Å². The highest BCUT2D eigenvalue weighted by Crippen LogP contribution is 2.25. The first-order chi connectivity index (χ1) is 9.56. The van der Waals surface area contributed by atoms with Crippen molar-refractivity contribution < 1.29 is 0 Å². The lowest BCUT2D eigenvalue weighted by Crippen LogP contribution is -2.20. The topological polar surface area (TPSA) is 34.9 Å². The molecule has 0 N–H and O–H groups in total. The van der Waals surface area contributed by atoms with Crippen molar-refractivity contribution in [1.82, 2.24) is 9.55 Å². The second kappa shape index (κ2) is 5.20. The summed E-state index contributed by atoms with van der Waals surface area (Å²) in [4.78, 5) is 18.6. The molecule has 0 aliphatic carbocycles. The zero-order valence-corrected chi connectivity index (χ0v) is 12.9. The molecule has 0 radical (unpaired) electrons. The predicted molar refractivity (Wildman–Crippen MR) is 84.2 cm³/mol. The number of hydrogen-bond donors (Lipinski definition) is 0. The first kappa shape index (κ1) is 13.6. The zero-order valence-electron chi connectivity index (χ0n) is 10.6. The Labute approximate surface area is 129 Å². The predicted octanol–water partition coefficient (Wildman–Crippen LogP) is 4.12. The molecule has 20 heavy (non-hydrogen) atoms. The van der Waals surface area contributed by atoms with E-state index in [-0.39, 0.29) is 5.56 Å². The van der Waals surface area contributed by atoms with E-state index in [9.17, 15) is 4.79 Å². The van der Waals surface area contributed by atoms with Crippen LogP contribution in [0.4, 0.5) is 0 Å². The summed E-state index contributed by atoms with van der Waals surface area (Å²) < 4.78 is 1.53. The van der Waals surface area contributed by atoms with Gasteiger partial charge in [-0.1, -0.05) is 29.3 Å². The highest BCUT2D eigenvalue weighted by molar-refractivity contribution is 7.18. The Balaban J connectivity index is 2.12. The van der Waals surface area contributed by atoms with Crippen LogP contribution >= 0.6 is 34.5 Å². The number of nitrogens with zero attached hydrogens (tertiary/aromatic N) is 2. The molecule has 0 bridgehead atoms. The first-order valence-corrected chi connectivity index (χ1v) is 7.52. The average molecular weight is 325 g/mol. The first-order valence-electron chi connectivity index (χ1n) is 5.95. The van der Waals surface area contributed by atoms with E-state index in [1.54, 1.807) is 24.5 Å². The molecule has 6 heteroatoms. The van der Waals surface area contributed by atoms with E-state index in [1.807, 2.05) is 13.0 Å². The van der Waals surface area contributed by atoms with Gasteiger partial charge in [0.25, 0.3) is 5.56 Å². The summed E-state index contributed by atoms with van der Waals surface area (Å²) in [5, 5.41) is 1.73. The van der Waals surface area contributed by atoms with Crippen LogP contribution in [0.25, 0.3) is 10.2 Å². The molecule has 2 heterocycles. The number of benzene rings is 1. The Hall–Kier alpha value is -1.36. The fourth-order valence-corrected chi connectivity index (χ4v) is 3.40. The van der Waals surface area contributed by atoms with Crippen LogP contribution in [-0.4, -0.2) is 9.55 Å². The van der Waals surface area contributed by atoms with E-state index >= 15 is 0 Å². The van der Waals surface area contributed by atoms with Gasteiger partial charge in [0.15, 0.2) is 0 Å². The molecule has 0 spiro atoms. The van der Waals surface area contributed by atoms with Gasteiger partial charge in [-0.15, -0.1) is 11.3 Å². The van der Waals surface area contributed by atoms with Crippen LogP contribution in [0.15, 0.2) is 35.4 Å². The van der Waals surface area contributed by atoms with E-state index < -0.39 is 0 Å². The lowest BCUT2D eigenvalue weighted by atomic mass is 10.2. The number of thiophene rings is 1. The molecule has 0 atom stereocenters. The van der Waals surface area contributed by atoms with Gasteiger partial charge < -0.3 is 0 Å². The second-order valence-electron chi connectivity index (χ2n) is 4.45. The third-order valence-corrected chi connectivity index (χ3v) is 4.70. The molecule has 3 nitrogen and oxygen atoms in total. The maximum Gasteiger partial charge on any atom is 0.262 e. The van der Waals surface area contributed by atoms with Crippen molar-refractivity contribution in [3.05, 3.63) is 61.4 Å². The van der Waals surface area contributed by atoms with Crippen LogP contribution in [0.1, 0.15) is 10.4 Å². The number of halogens is 2. The molecule has 102 valence electrons. The molecule has 0 fully saturated rings. The van der Waals surface area contributed by atoms with Crippen LogP contribution < -0.4 is 5.56 Å². The van der Waals surface area contributed by atoms with Crippen molar-refractivity contribution >= 4 is 44.8 Å². The van der Waals surface area contributed by atoms with E-state index in [0.29, 0.717) is 22.0 Å². The number of fused-ring (bicyclic) bond motifs is 1. The monoisotopic (exact) mass is 324 g/mol. The third-order valence-electron chi connectivity index (χ3n) is 3.03. The zero-order chi connectivity index (χ0) is 14.3. The maximum atomic E-state index is 12.4. The lowest BCUT2D eigenvalue weighted by Gasteiger charge is -2.09. The van der Waals surface area contributed by atoms with Crippen molar-refractivity contribution in [2.45, 2.75) is 13.5 Å². The summed E-state index contributed by atoms with van der Waals surface area (Å²) in [6.07, 6.45) is 1.54. The Morgan fingerprint density at radius 2 is 2.00 bits per heavy atom. The molecule has 3 aromatic rings. The molecule has 0 amide bonds. The van der Waals surface area contributed by atoms with E-state index in [4.69, 9.17) is 23.2 Å². The smallest absolute Gasteiger partial charge is 0.262 e. The number of aromatic nitrogens is 2. The molecule has 0 aliphatic rings. The van der Waals surface area contributed by atoms with Gasteiger partial charge in [-0.05, 0) is 25.1 Å². The molecule has 3 rings (SSSR count). The molecule has 0 unspecified atom stereocenters. The molecular formula is C14H10Cl2N2OS. The van der Waals surface area contributed by atoms with Crippen LogP contribution in [0, 0.1) is 6.92 Å². The average Bonchev–Trinajstić information content (AvgIpc) is 2.78. The summed E-state index contributed by atoms with van der Waals surface area (Å²) >= 11 is 13.8. The van der Waals surface area contributed by atoms with Gasteiger partial charge in [-0.3, -0.25) is 9.36 Å². The van der Waals surface area contributed by atoms with Crippen LogP contribution in [0.3, 0.4) is 0 Å². The quantitative estimate of drug-likeness (QED) is 0.710. The molecule has 0 saturated carbocycles.